The number of piperidine rings is 1. The minimum absolute atomic E-state index is 0.161. The van der Waals surface area contributed by atoms with Crippen molar-refractivity contribution in [2.75, 3.05) is 13.1 Å². The zero-order valence-electron chi connectivity index (χ0n) is 18.8. The molecule has 1 aliphatic heterocycles. The van der Waals surface area contributed by atoms with Crippen LogP contribution in [0.2, 0.25) is 0 Å². The molecule has 8 heteroatoms. The normalized spacial score (nSPS) is 17.7. The van der Waals surface area contributed by atoms with E-state index in [2.05, 4.69) is 60.1 Å². The van der Waals surface area contributed by atoms with E-state index in [-0.39, 0.29) is 5.41 Å². The number of hydrogen-bond acceptors (Lipinski definition) is 6. The summed E-state index contributed by atoms with van der Waals surface area (Å²) in [6.07, 6.45) is 6.20. The number of carboxylic acid groups (broad SMARTS) is 2. The Labute approximate surface area is 187 Å². The molecule has 2 heterocycles. The smallest absolute Gasteiger partial charge is 0.328 e. The second-order valence-electron chi connectivity index (χ2n) is 9.34. The number of benzene rings is 1. The van der Waals surface area contributed by atoms with Crippen molar-refractivity contribution in [2.24, 2.45) is 0 Å². The van der Waals surface area contributed by atoms with Crippen LogP contribution in [0.15, 0.2) is 40.9 Å². The number of likely N-dealkylation sites (tertiary alicyclic amines) is 1. The van der Waals surface area contributed by atoms with Gasteiger partial charge in [-0.15, -0.1) is 0 Å². The molecular weight excluding hydrogens is 410 g/mol. The molecule has 0 radical (unpaired) electrons. The van der Waals surface area contributed by atoms with Crippen molar-refractivity contribution in [1.82, 2.24) is 15.0 Å². The van der Waals surface area contributed by atoms with Crippen molar-refractivity contribution in [2.45, 2.75) is 63.8 Å². The standard InChI is InChI=1S/C20H27N3O.C4H4O4/c1-20(2,3)16-6-4-15(5-7-16)19-21-18(22-24-19)14-10-12-23(13-11-14)17-8-9-17;5-3(6)1-2-4(7)8/h4-7,14,17H,8-13H2,1-3H3;1-2H,(H,5,6)(H,7,8)/b;2-1+. The fourth-order valence-electron chi connectivity index (χ4n) is 3.74. The second-order valence-corrected chi connectivity index (χ2v) is 9.34. The minimum atomic E-state index is -1.26. The van der Waals surface area contributed by atoms with Crippen LogP contribution in [-0.2, 0) is 15.0 Å². The Morgan fingerprint density at radius 1 is 1.00 bits per heavy atom. The van der Waals surface area contributed by atoms with E-state index in [0.717, 1.165) is 30.3 Å². The molecule has 0 unspecified atom stereocenters. The topological polar surface area (TPSA) is 117 Å². The van der Waals surface area contributed by atoms with Gasteiger partial charge in [-0.1, -0.05) is 38.1 Å². The summed E-state index contributed by atoms with van der Waals surface area (Å²) in [5, 5.41) is 19.9. The molecule has 32 heavy (non-hydrogen) atoms. The number of hydrogen-bond donors (Lipinski definition) is 2. The van der Waals surface area contributed by atoms with Gasteiger partial charge in [0, 0.05) is 29.7 Å². The molecule has 1 aliphatic carbocycles. The lowest BCUT2D eigenvalue weighted by Crippen LogP contribution is -2.34. The van der Waals surface area contributed by atoms with Crippen LogP contribution in [0.4, 0.5) is 0 Å². The van der Waals surface area contributed by atoms with E-state index in [0.29, 0.717) is 24.0 Å². The Hall–Kier alpha value is -3.00. The molecular formula is C24H31N3O5. The highest BCUT2D eigenvalue weighted by Crippen LogP contribution is 2.34. The van der Waals surface area contributed by atoms with Crippen molar-refractivity contribution in [3.8, 4) is 11.5 Å². The Bertz CT molecular complexity index is 931. The Kier molecular flexibility index (Phi) is 7.45. The first kappa shape index (κ1) is 23.7. The monoisotopic (exact) mass is 441 g/mol. The summed E-state index contributed by atoms with van der Waals surface area (Å²) < 4.78 is 5.54. The Balaban J connectivity index is 0.000000312. The van der Waals surface area contributed by atoms with Gasteiger partial charge >= 0.3 is 11.9 Å². The van der Waals surface area contributed by atoms with Gasteiger partial charge in [-0.2, -0.15) is 4.98 Å². The van der Waals surface area contributed by atoms with Gasteiger partial charge in [0.2, 0.25) is 0 Å². The fourth-order valence-corrected chi connectivity index (χ4v) is 3.74. The molecule has 0 atom stereocenters. The van der Waals surface area contributed by atoms with Crippen LogP contribution in [0.1, 0.15) is 63.8 Å². The van der Waals surface area contributed by atoms with Gasteiger partial charge in [-0.25, -0.2) is 9.59 Å². The lowest BCUT2D eigenvalue weighted by Gasteiger charge is -2.30. The lowest BCUT2D eigenvalue weighted by molar-refractivity contribution is -0.134. The maximum atomic E-state index is 9.55. The van der Waals surface area contributed by atoms with Gasteiger partial charge in [-0.05, 0) is 61.9 Å². The number of nitrogens with zero attached hydrogens (tertiary/aromatic N) is 3. The van der Waals surface area contributed by atoms with Crippen LogP contribution >= 0.6 is 0 Å². The minimum Gasteiger partial charge on any atom is -0.478 e. The van der Waals surface area contributed by atoms with Gasteiger partial charge in [0.15, 0.2) is 5.82 Å². The molecule has 0 amide bonds. The quantitative estimate of drug-likeness (QED) is 0.667. The first-order chi connectivity index (χ1) is 15.1. The van der Waals surface area contributed by atoms with E-state index >= 15 is 0 Å². The van der Waals surface area contributed by atoms with E-state index in [9.17, 15) is 9.59 Å². The third-order valence-corrected chi connectivity index (χ3v) is 5.77. The van der Waals surface area contributed by atoms with Crippen molar-refractivity contribution in [3.63, 3.8) is 0 Å². The molecule has 1 saturated carbocycles. The first-order valence-corrected chi connectivity index (χ1v) is 11.0. The molecule has 1 saturated heterocycles. The first-order valence-electron chi connectivity index (χ1n) is 11.0. The summed E-state index contributed by atoms with van der Waals surface area (Å²) in [6.45, 7) is 9.03. The zero-order valence-corrected chi connectivity index (χ0v) is 18.8. The number of aliphatic carboxylic acids is 2. The maximum absolute atomic E-state index is 9.55. The summed E-state index contributed by atoms with van der Waals surface area (Å²) in [6, 6.07) is 9.37. The molecule has 1 aromatic heterocycles. The molecule has 0 spiro atoms. The number of carboxylic acids is 2. The Morgan fingerprint density at radius 2 is 1.56 bits per heavy atom. The molecule has 2 aromatic rings. The van der Waals surface area contributed by atoms with Gasteiger partial charge in [0.05, 0.1) is 0 Å². The van der Waals surface area contributed by atoms with Crippen molar-refractivity contribution < 1.29 is 24.3 Å². The number of rotatable bonds is 5. The molecule has 8 nitrogen and oxygen atoms in total. The third kappa shape index (κ3) is 6.75. The van der Waals surface area contributed by atoms with Crippen LogP contribution in [0.5, 0.6) is 0 Å². The van der Waals surface area contributed by atoms with E-state index in [4.69, 9.17) is 14.7 Å². The highest BCUT2D eigenvalue weighted by molar-refractivity contribution is 5.89. The highest BCUT2D eigenvalue weighted by atomic mass is 16.5. The Morgan fingerprint density at radius 3 is 2.03 bits per heavy atom. The van der Waals surface area contributed by atoms with Gasteiger partial charge < -0.3 is 19.6 Å². The molecule has 4 rings (SSSR count). The molecule has 2 fully saturated rings. The number of carbonyl (C=O) groups is 2. The largest absolute Gasteiger partial charge is 0.478 e. The van der Waals surface area contributed by atoms with E-state index in [1.807, 2.05) is 0 Å². The fraction of sp³-hybridized carbons (Fsp3) is 0.500. The second kappa shape index (κ2) is 10.1. The van der Waals surface area contributed by atoms with Crippen LogP contribution in [0.25, 0.3) is 11.5 Å². The average Bonchev–Trinajstić information content (AvgIpc) is 3.49. The van der Waals surface area contributed by atoms with Crippen molar-refractivity contribution >= 4 is 11.9 Å². The highest BCUT2D eigenvalue weighted by Gasteiger charge is 2.33. The van der Waals surface area contributed by atoms with E-state index in [1.54, 1.807) is 0 Å². The van der Waals surface area contributed by atoms with Crippen LogP contribution in [-0.4, -0.2) is 56.3 Å². The SMILES string of the molecule is CC(C)(C)c1ccc(-c2nc(C3CCN(C4CC4)CC3)no2)cc1.O=C(O)/C=C/C(=O)O. The predicted octanol–water partition coefficient (Wildman–Crippen LogP) is 4.09. The third-order valence-electron chi connectivity index (χ3n) is 5.77. The molecule has 1 aromatic carbocycles. The summed E-state index contributed by atoms with van der Waals surface area (Å²) in [7, 11) is 0. The molecule has 2 N–H and O–H groups in total. The molecule has 172 valence electrons. The molecule has 0 bridgehead atoms. The number of aromatic nitrogens is 2. The van der Waals surface area contributed by atoms with Gasteiger partial charge in [0.25, 0.3) is 5.89 Å². The van der Waals surface area contributed by atoms with Crippen molar-refractivity contribution in [1.29, 1.82) is 0 Å². The zero-order chi connectivity index (χ0) is 23.3. The van der Waals surface area contributed by atoms with Crippen LogP contribution < -0.4 is 0 Å². The lowest BCUT2D eigenvalue weighted by atomic mass is 9.87. The van der Waals surface area contributed by atoms with E-state index in [1.165, 1.54) is 31.5 Å². The van der Waals surface area contributed by atoms with Crippen LogP contribution in [0.3, 0.4) is 0 Å². The summed E-state index contributed by atoms with van der Waals surface area (Å²) in [5.74, 6) is -0.526. The van der Waals surface area contributed by atoms with Crippen LogP contribution in [0, 0.1) is 0 Å². The maximum Gasteiger partial charge on any atom is 0.328 e. The summed E-state index contributed by atoms with van der Waals surface area (Å²) in [5.41, 5.74) is 2.49. The van der Waals surface area contributed by atoms with Crippen molar-refractivity contribution in [3.05, 3.63) is 47.8 Å². The predicted molar refractivity (Wildman–Crippen MR) is 119 cm³/mol. The summed E-state index contributed by atoms with van der Waals surface area (Å²) in [4.78, 5) is 26.4. The molecule has 2 aliphatic rings. The van der Waals surface area contributed by atoms with E-state index < -0.39 is 11.9 Å². The van der Waals surface area contributed by atoms with Gasteiger partial charge in [-0.3, -0.25) is 0 Å². The van der Waals surface area contributed by atoms with Gasteiger partial charge in [0.1, 0.15) is 0 Å². The summed E-state index contributed by atoms with van der Waals surface area (Å²) >= 11 is 0. The average molecular weight is 442 g/mol.